The van der Waals surface area contributed by atoms with E-state index in [-0.39, 0.29) is 18.0 Å². The van der Waals surface area contributed by atoms with E-state index in [0.29, 0.717) is 0 Å². The molecule has 0 saturated heterocycles. The number of carbonyl (C=O) groups is 1. The minimum atomic E-state index is -4.13. The number of aromatic nitrogens is 1. The van der Waals surface area contributed by atoms with Crippen LogP contribution in [0.5, 0.6) is 0 Å². The van der Waals surface area contributed by atoms with Crippen LogP contribution in [0.2, 0.25) is 0 Å². The highest BCUT2D eigenvalue weighted by atomic mass is 32.2. The van der Waals surface area contributed by atoms with E-state index < -0.39 is 28.6 Å². The number of nitrogens with zero attached hydrogens (tertiary/aromatic N) is 2. The molecule has 0 spiro atoms. The first-order valence-corrected chi connectivity index (χ1v) is 11.6. The number of aliphatic hydroxyl groups is 1. The maximum absolute atomic E-state index is 13.1. The molecule has 0 aliphatic heterocycles. The van der Waals surface area contributed by atoms with Crippen molar-refractivity contribution in [2.24, 2.45) is 0 Å². The molecule has 0 saturated carbocycles. The molecule has 4 aromatic rings. The molecule has 1 atom stereocenters. The molecule has 4 rings (SSSR count). The van der Waals surface area contributed by atoms with Crippen molar-refractivity contribution in [3.63, 3.8) is 0 Å². The summed E-state index contributed by atoms with van der Waals surface area (Å²) in [7, 11) is -4.13. The fourth-order valence-corrected chi connectivity index (χ4v) is 5.38. The van der Waals surface area contributed by atoms with Gasteiger partial charge < -0.3 is 19.6 Å². The summed E-state index contributed by atoms with van der Waals surface area (Å²) in [5.41, 5.74) is 2.68. The van der Waals surface area contributed by atoms with Crippen molar-refractivity contribution < 1.29 is 23.4 Å². The number of para-hydroxylation sites is 2. The maximum Gasteiger partial charge on any atom is 0.243 e. The van der Waals surface area contributed by atoms with Gasteiger partial charge in [0.05, 0.1) is 30.1 Å². The fourth-order valence-electron chi connectivity index (χ4n) is 3.95. The molecule has 32 heavy (non-hydrogen) atoms. The quantitative estimate of drug-likeness (QED) is 0.441. The van der Waals surface area contributed by atoms with E-state index in [1.54, 1.807) is 12.1 Å². The zero-order valence-electron chi connectivity index (χ0n) is 17.5. The molecule has 0 aliphatic rings. The van der Waals surface area contributed by atoms with Crippen LogP contribution in [-0.2, 0) is 21.4 Å². The normalized spacial score (nSPS) is 13.1. The van der Waals surface area contributed by atoms with E-state index in [2.05, 4.69) is 0 Å². The summed E-state index contributed by atoms with van der Waals surface area (Å²) in [4.78, 5) is 11.3. The number of aryl methyl sites for hydroxylation is 1. The molecule has 7 nitrogen and oxygen atoms in total. The highest BCUT2D eigenvalue weighted by Gasteiger charge is 2.27. The zero-order valence-corrected chi connectivity index (χ0v) is 18.3. The van der Waals surface area contributed by atoms with E-state index >= 15 is 0 Å². The third-order valence-electron chi connectivity index (χ3n) is 5.45. The lowest BCUT2D eigenvalue weighted by molar-refractivity contribution is -0.305. The number of carboxylic acids is 1. The number of hydrogen-bond acceptors (Lipinski definition) is 5. The first-order valence-electron chi connectivity index (χ1n) is 10.2. The van der Waals surface area contributed by atoms with Gasteiger partial charge in [-0.25, -0.2) is 8.42 Å². The summed E-state index contributed by atoms with van der Waals surface area (Å²) in [5.74, 6) is -1.54. The van der Waals surface area contributed by atoms with Crippen LogP contribution in [0.4, 0.5) is 0 Å². The number of benzene rings is 3. The largest absolute Gasteiger partial charge is 0.549 e. The molecule has 0 radical (unpaired) electrons. The number of carboxylic acid groups (broad SMARTS) is 1. The average molecular weight is 452 g/mol. The Labute approximate surface area is 186 Å². The molecular weight excluding hydrogens is 428 g/mol. The highest BCUT2D eigenvalue weighted by Crippen LogP contribution is 2.29. The maximum atomic E-state index is 13.1. The Balaban J connectivity index is 1.65. The molecule has 0 aliphatic carbocycles. The lowest BCUT2D eigenvalue weighted by Gasteiger charge is -2.25. The van der Waals surface area contributed by atoms with Crippen molar-refractivity contribution in [2.45, 2.75) is 24.5 Å². The first kappa shape index (κ1) is 22.0. The van der Waals surface area contributed by atoms with Gasteiger partial charge in [0.2, 0.25) is 10.0 Å². The van der Waals surface area contributed by atoms with E-state index in [0.717, 1.165) is 31.7 Å². The third kappa shape index (κ3) is 4.25. The Hall–Kier alpha value is -3.20. The Bertz CT molecular complexity index is 1320. The molecule has 0 amide bonds. The second kappa shape index (κ2) is 8.74. The number of carbonyl (C=O) groups excluding carboxylic acids is 1. The molecule has 1 unspecified atom stereocenters. The summed E-state index contributed by atoms with van der Waals surface area (Å²) in [6.45, 7) is 0.692. The van der Waals surface area contributed by atoms with E-state index in [1.165, 1.54) is 12.1 Å². The Morgan fingerprint density at radius 1 is 0.969 bits per heavy atom. The lowest BCUT2D eigenvalue weighted by Crippen LogP contribution is -2.45. The van der Waals surface area contributed by atoms with Crippen molar-refractivity contribution in [3.05, 3.63) is 78.4 Å². The standard InChI is InChI=1S/C24H24N2O5S/c1-17-10-12-19(13-11-17)32(30,31)25(16-24(28)29)14-18(27)15-26-22-8-4-2-6-20(22)21-7-3-5-9-23(21)26/h2-13,18,27H,14-16H2,1H3,(H,28,29)/p-1. The molecule has 166 valence electrons. The van der Waals surface area contributed by atoms with Crippen molar-refractivity contribution >= 4 is 37.8 Å². The second-order valence-corrected chi connectivity index (χ2v) is 9.72. The van der Waals surface area contributed by atoms with Gasteiger partial charge in [0.1, 0.15) is 0 Å². The minimum absolute atomic E-state index is 0.0339. The molecule has 0 bridgehead atoms. The number of hydrogen-bond donors (Lipinski definition) is 1. The van der Waals surface area contributed by atoms with Gasteiger partial charge in [-0.2, -0.15) is 4.31 Å². The predicted molar refractivity (Wildman–Crippen MR) is 120 cm³/mol. The van der Waals surface area contributed by atoms with Gasteiger partial charge >= 0.3 is 0 Å². The zero-order chi connectivity index (χ0) is 22.9. The number of aliphatic carboxylic acids is 1. The van der Waals surface area contributed by atoms with Gasteiger partial charge in [-0.05, 0) is 31.2 Å². The molecule has 1 N–H and O–H groups in total. The van der Waals surface area contributed by atoms with Crippen LogP contribution >= 0.6 is 0 Å². The summed E-state index contributed by atoms with van der Waals surface area (Å²) < 4.78 is 28.8. The Kier molecular flexibility index (Phi) is 6.01. The number of sulfonamides is 1. The van der Waals surface area contributed by atoms with Gasteiger partial charge in [0.15, 0.2) is 0 Å². The van der Waals surface area contributed by atoms with Crippen LogP contribution in [0, 0.1) is 6.92 Å². The summed E-state index contributed by atoms with van der Waals surface area (Å²) in [6, 6.07) is 21.6. The predicted octanol–water partition coefficient (Wildman–Crippen LogP) is 1.90. The van der Waals surface area contributed by atoms with Gasteiger partial charge in [-0.3, -0.25) is 0 Å². The molecule has 3 aromatic carbocycles. The Morgan fingerprint density at radius 3 is 2.03 bits per heavy atom. The van der Waals surface area contributed by atoms with Gasteiger partial charge in [-0.1, -0.05) is 54.1 Å². The van der Waals surface area contributed by atoms with Crippen LogP contribution in [0.1, 0.15) is 5.56 Å². The monoisotopic (exact) mass is 451 g/mol. The molecule has 1 heterocycles. The topological polar surface area (TPSA) is 103 Å². The van der Waals surface area contributed by atoms with Crippen LogP contribution in [0.3, 0.4) is 0 Å². The van der Waals surface area contributed by atoms with Crippen molar-refractivity contribution in [1.29, 1.82) is 0 Å². The van der Waals surface area contributed by atoms with E-state index in [4.69, 9.17) is 0 Å². The molecular formula is C24H23N2O5S-. The van der Waals surface area contributed by atoms with Gasteiger partial charge in [0, 0.05) is 28.4 Å². The SMILES string of the molecule is Cc1ccc(S(=O)(=O)N(CC(=O)[O-])CC(O)Cn2c3ccccc3c3ccccc32)cc1. The van der Waals surface area contributed by atoms with Crippen molar-refractivity contribution in [3.8, 4) is 0 Å². The number of aliphatic hydroxyl groups excluding tert-OH is 1. The van der Waals surface area contributed by atoms with Crippen molar-refractivity contribution in [1.82, 2.24) is 8.87 Å². The summed E-state index contributed by atoms with van der Waals surface area (Å²) >= 11 is 0. The van der Waals surface area contributed by atoms with E-state index in [1.807, 2.05) is 60.0 Å². The number of fused-ring (bicyclic) bond motifs is 3. The molecule has 1 aromatic heterocycles. The van der Waals surface area contributed by atoms with Crippen LogP contribution in [0.25, 0.3) is 21.8 Å². The summed E-state index contributed by atoms with van der Waals surface area (Å²) in [6.07, 6.45) is -1.14. The first-order chi connectivity index (χ1) is 15.3. The lowest BCUT2D eigenvalue weighted by atomic mass is 10.2. The van der Waals surface area contributed by atoms with Crippen LogP contribution in [-0.4, -0.2) is 47.6 Å². The molecule has 0 fully saturated rings. The second-order valence-electron chi connectivity index (χ2n) is 7.78. The van der Waals surface area contributed by atoms with Crippen LogP contribution in [0.15, 0.2) is 77.7 Å². The smallest absolute Gasteiger partial charge is 0.243 e. The highest BCUT2D eigenvalue weighted by molar-refractivity contribution is 7.89. The average Bonchev–Trinajstić information content (AvgIpc) is 3.07. The van der Waals surface area contributed by atoms with E-state index in [9.17, 15) is 23.4 Å². The number of rotatable bonds is 8. The fraction of sp³-hybridized carbons (Fsp3) is 0.208. The third-order valence-corrected chi connectivity index (χ3v) is 7.28. The summed E-state index contributed by atoms with van der Waals surface area (Å²) in [5, 5.41) is 24.2. The Morgan fingerprint density at radius 2 is 1.50 bits per heavy atom. The minimum Gasteiger partial charge on any atom is -0.549 e. The van der Waals surface area contributed by atoms with Crippen molar-refractivity contribution in [2.75, 3.05) is 13.1 Å². The van der Waals surface area contributed by atoms with Crippen LogP contribution < -0.4 is 5.11 Å². The van der Waals surface area contributed by atoms with Gasteiger partial charge in [0.25, 0.3) is 0 Å². The molecule has 8 heteroatoms. The van der Waals surface area contributed by atoms with Gasteiger partial charge in [-0.15, -0.1) is 0 Å².